The Bertz CT molecular complexity index is 1230. The van der Waals surface area contributed by atoms with Gasteiger partial charge < -0.3 is 20.1 Å². The Kier molecular flexibility index (Phi) is 8.27. The Morgan fingerprint density at radius 1 is 1.15 bits per heavy atom. The number of carbonyl (C=O) groups excluding carboxylic acids is 1. The topological polar surface area (TPSA) is 81.2 Å². The van der Waals surface area contributed by atoms with Gasteiger partial charge in [0.2, 0.25) is 5.91 Å². The standard InChI is InChI=1S/C30H41F2N5O3/c1-18-12-35(23(11-33-18)13-36-19(2)15-40-16-20(36)3)14-27(38)37-17-30(4,5)29-26(37)9-22(10-34-29)28(39)21-6-7-24(31)25(32)8-21/h6-10,18-20,23,28,33,39H,11-17H2,1-5H3/t18-,19-,20-,23-,28?/m1/s1. The smallest absolute Gasteiger partial charge is 0.241 e. The van der Waals surface area contributed by atoms with Crippen LogP contribution in [0.4, 0.5) is 14.5 Å². The van der Waals surface area contributed by atoms with E-state index < -0.39 is 17.7 Å². The van der Waals surface area contributed by atoms with Gasteiger partial charge in [-0.15, -0.1) is 0 Å². The molecule has 2 saturated heterocycles. The molecular formula is C30H41F2N5O3. The maximum atomic E-state index is 13.9. The average molecular weight is 558 g/mol. The molecule has 0 bridgehead atoms. The Morgan fingerprint density at radius 2 is 1.88 bits per heavy atom. The second kappa shape index (κ2) is 11.4. The number of nitrogens with one attached hydrogen (secondary N) is 1. The number of aliphatic hydroxyl groups is 1. The number of anilines is 1. The highest BCUT2D eigenvalue weighted by atomic mass is 19.2. The summed E-state index contributed by atoms with van der Waals surface area (Å²) in [6.45, 7) is 15.2. The Labute approximate surface area is 235 Å². The number of carbonyl (C=O) groups is 1. The normalized spacial score (nSPS) is 27.9. The van der Waals surface area contributed by atoms with E-state index >= 15 is 0 Å². The predicted octanol–water partition coefficient (Wildman–Crippen LogP) is 2.84. The van der Waals surface area contributed by atoms with E-state index in [2.05, 4.69) is 54.7 Å². The van der Waals surface area contributed by atoms with Crippen molar-refractivity contribution in [1.82, 2.24) is 20.1 Å². The van der Waals surface area contributed by atoms with Crippen molar-refractivity contribution in [2.45, 2.75) is 70.3 Å². The fourth-order valence-electron chi connectivity index (χ4n) is 6.30. The number of fused-ring (bicyclic) bond motifs is 1. The minimum absolute atomic E-state index is 0.0183. The molecule has 3 aliphatic rings. The molecule has 218 valence electrons. The number of pyridine rings is 1. The van der Waals surface area contributed by atoms with Gasteiger partial charge in [-0.3, -0.25) is 19.6 Å². The van der Waals surface area contributed by atoms with Crippen LogP contribution in [0.1, 0.15) is 57.5 Å². The summed E-state index contributed by atoms with van der Waals surface area (Å²) in [4.78, 5) is 25.1. The number of halogens is 2. The molecule has 1 aromatic heterocycles. The molecule has 2 N–H and O–H groups in total. The second-order valence-electron chi connectivity index (χ2n) is 12.4. The molecule has 5 atom stereocenters. The minimum atomic E-state index is -1.20. The summed E-state index contributed by atoms with van der Waals surface area (Å²) in [5.74, 6) is -2.01. The van der Waals surface area contributed by atoms with Gasteiger partial charge in [0, 0.05) is 67.5 Å². The van der Waals surface area contributed by atoms with Crippen LogP contribution in [0.5, 0.6) is 0 Å². The van der Waals surface area contributed by atoms with Gasteiger partial charge in [-0.1, -0.05) is 19.9 Å². The van der Waals surface area contributed by atoms with Crippen LogP contribution in [-0.2, 0) is 14.9 Å². The summed E-state index contributed by atoms with van der Waals surface area (Å²) in [7, 11) is 0. The van der Waals surface area contributed by atoms with Crippen LogP contribution in [0, 0.1) is 11.6 Å². The van der Waals surface area contributed by atoms with Gasteiger partial charge in [0.15, 0.2) is 11.6 Å². The van der Waals surface area contributed by atoms with Crippen molar-refractivity contribution in [3.05, 3.63) is 58.9 Å². The molecule has 2 fully saturated rings. The number of rotatable bonds is 6. The number of hydrogen-bond acceptors (Lipinski definition) is 7. The second-order valence-corrected chi connectivity index (χ2v) is 12.4. The summed E-state index contributed by atoms with van der Waals surface area (Å²) in [5, 5.41) is 14.5. The molecule has 3 aliphatic heterocycles. The van der Waals surface area contributed by atoms with Crippen LogP contribution in [0.25, 0.3) is 0 Å². The molecule has 2 aromatic rings. The number of morpholine rings is 1. The van der Waals surface area contributed by atoms with Crippen molar-refractivity contribution in [1.29, 1.82) is 0 Å². The molecular weight excluding hydrogens is 516 g/mol. The molecule has 0 saturated carbocycles. The van der Waals surface area contributed by atoms with Crippen molar-refractivity contribution in [2.75, 3.05) is 50.8 Å². The molecule has 0 spiro atoms. The van der Waals surface area contributed by atoms with Crippen molar-refractivity contribution in [3.63, 3.8) is 0 Å². The lowest BCUT2D eigenvalue weighted by Gasteiger charge is -2.46. The highest BCUT2D eigenvalue weighted by Crippen LogP contribution is 2.41. The molecule has 8 nitrogen and oxygen atoms in total. The third kappa shape index (κ3) is 5.78. The van der Waals surface area contributed by atoms with Crippen LogP contribution in [-0.4, -0.2) is 95.9 Å². The maximum Gasteiger partial charge on any atom is 0.241 e. The molecule has 4 heterocycles. The Balaban J connectivity index is 1.37. The lowest BCUT2D eigenvalue weighted by Crippen LogP contribution is -2.63. The molecule has 1 unspecified atom stereocenters. The van der Waals surface area contributed by atoms with Crippen LogP contribution < -0.4 is 10.2 Å². The molecule has 10 heteroatoms. The highest BCUT2D eigenvalue weighted by molar-refractivity contribution is 5.97. The third-order valence-corrected chi connectivity index (χ3v) is 8.59. The third-order valence-electron chi connectivity index (χ3n) is 8.59. The van der Waals surface area contributed by atoms with Crippen molar-refractivity contribution in [3.8, 4) is 0 Å². The largest absolute Gasteiger partial charge is 0.384 e. The van der Waals surface area contributed by atoms with Crippen molar-refractivity contribution < 1.29 is 23.4 Å². The molecule has 1 aromatic carbocycles. The number of piperazine rings is 1. The molecule has 5 rings (SSSR count). The van der Waals surface area contributed by atoms with Gasteiger partial charge in [0.05, 0.1) is 31.1 Å². The highest BCUT2D eigenvalue weighted by Gasteiger charge is 2.41. The Hall–Kier alpha value is -2.50. The maximum absolute atomic E-state index is 13.9. The monoisotopic (exact) mass is 557 g/mol. The van der Waals surface area contributed by atoms with Gasteiger partial charge in [-0.25, -0.2) is 8.78 Å². The predicted molar refractivity (Wildman–Crippen MR) is 149 cm³/mol. The Morgan fingerprint density at radius 3 is 2.58 bits per heavy atom. The lowest BCUT2D eigenvalue weighted by atomic mass is 9.90. The first-order chi connectivity index (χ1) is 18.9. The van der Waals surface area contributed by atoms with Gasteiger partial charge in [-0.05, 0) is 44.5 Å². The van der Waals surface area contributed by atoms with E-state index in [1.54, 1.807) is 17.2 Å². The number of amides is 1. The van der Waals surface area contributed by atoms with E-state index in [1.807, 2.05) is 0 Å². The summed E-state index contributed by atoms with van der Waals surface area (Å²) in [6, 6.07) is 6.18. The summed E-state index contributed by atoms with van der Waals surface area (Å²) in [5.41, 5.74) is 1.71. The number of nitrogens with zero attached hydrogens (tertiary/aromatic N) is 4. The van der Waals surface area contributed by atoms with Gasteiger partial charge in [0.1, 0.15) is 6.10 Å². The number of aliphatic hydroxyl groups excluding tert-OH is 1. The van der Waals surface area contributed by atoms with Crippen LogP contribution in [0.3, 0.4) is 0 Å². The first-order valence-electron chi connectivity index (χ1n) is 14.2. The summed E-state index contributed by atoms with van der Waals surface area (Å²) >= 11 is 0. The van der Waals surface area contributed by atoms with E-state index in [9.17, 15) is 18.7 Å². The zero-order valence-corrected chi connectivity index (χ0v) is 24.0. The molecule has 1 amide bonds. The average Bonchev–Trinajstić information content (AvgIpc) is 3.18. The van der Waals surface area contributed by atoms with Crippen molar-refractivity contribution in [2.24, 2.45) is 0 Å². The van der Waals surface area contributed by atoms with E-state index in [0.717, 1.165) is 37.5 Å². The molecule has 40 heavy (non-hydrogen) atoms. The summed E-state index contributed by atoms with van der Waals surface area (Å²) < 4.78 is 33.0. The van der Waals surface area contributed by atoms with Crippen LogP contribution in [0.2, 0.25) is 0 Å². The lowest BCUT2D eigenvalue weighted by molar-refractivity contribution is -0.121. The van der Waals surface area contributed by atoms with E-state index in [0.29, 0.717) is 43.1 Å². The van der Waals surface area contributed by atoms with Gasteiger partial charge >= 0.3 is 0 Å². The van der Waals surface area contributed by atoms with Gasteiger partial charge in [0.25, 0.3) is 0 Å². The number of benzene rings is 1. The van der Waals surface area contributed by atoms with Crippen molar-refractivity contribution >= 4 is 11.6 Å². The first-order valence-corrected chi connectivity index (χ1v) is 14.2. The van der Waals surface area contributed by atoms with E-state index in [1.165, 1.54) is 6.07 Å². The summed E-state index contributed by atoms with van der Waals surface area (Å²) in [6.07, 6.45) is 0.351. The van der Waals surface area contributed by atoms with E-state index in [-0.39, 0.29) is 35.5 Å². The van der Waals surface area contributed by atoms with Crippen LogP contribution >= 0.6 is 0 Å². The zero-order valence-electron chi connectivity index (χ0n) is 24.0. The molecule has 0 radical (unpaired) electrons. The number of ether oxygens (including phenoxy) is 1. The fourth-order valence-corrected chi connectivity index (χ4v) is 6.30. The first kappa shape index (κ1) is 29.0. The number of hydrogen-bond donors (Lipinski definition) is 2. The number of aromatic nitrogens is 1. The minimum Gasteiger partial charge on any atom is -0.384 e. The van der Waals surface area contributed by atoms with Crippen LogP contribution in [0.15, 0.2) is 30.5 Å². The SMILES string of the molecule is C[C@@H]1CN(CC(=O)N2CC(C)(C)c3ncc(C(O)c4ccc(F)c(F)c4)cc32)[C@@H](CN2[C@H](C)COC[C@H]2C)CN1. The fraction of sp³-hybridized carbons (Fsp3) is 0.600. The molecule has 0 aliphatic carbocycles. The van der Waals surface area contributed by atoms with Gasteiger partial charge in [-0.2, -0.15) is 0 Å². The quantitative estimate of drug-likeness (QED) is 0.566. The van der Waals surface area contributed by atoms with E-state index in [4.69, 9.17) is 4.74 Å². The zero-order chi connectivity index (χ0) is 28.8.